The molecular weight excluding hydrogens is 292 g/mol. The van der Waals surface area contributed by atoms with Gasteiger partial charge in [0.25, 0.3) is 5.91 Å². The van der Waals surface area contributed by atoms with Crippen LogP contribution in [-0.4, -0.2) is 17.0 Å². The summed E-state index contributed by atoms with van der Waals surface area (Å²) in [6, 6.07) is 14.7. The summed E-state index contributed by atoms with van der Waals surface area (Å²) in [4.78, 5) is 16.7. The van der Waals surface area contributed by atoms with Gasteiger partial charge in [-0.2, -0.15) is 0 Å². The number of nitrogens with zero attached hydrogens (tertiary/aromatic N) is 1. The van der Waals surface area contributed by atoms with Crippen LogP contribution in [0.2, 0.25) is 0 Å². The van der Waals surface area contributed by atoms with Crippen LogP contribution < -0.4 is 10.1 Å². The van der Waals surface area contributed by atoms with E-state index in [0.717, 1.165) is 5.52 Å². The Kier molecular flexibility index (Phi) is 4.28. The molecule has 23 heavy (non-hydrogen) atoms. The number of aromatic nitrogens is 1. The van der Waals surface area contributed by atoms with Gasteiger partial charge in [-0.15, -0.1) is 0 Å². The van der Waals surface area contributed by atoms with Gasteiger partial charge in [-0.05, 0) is 36.8 Å². The van der Waals surface area contributed by atoms with Crippen molar-refractivity contribution in [2.24, 2.45) is 0 Å². The van der Waals surface area contributed by atoms with Gasteiger partial charge in [-0.25, -0.2) is 4.98 Å². The van der Waals surface area contributed by atoms with Crippen molar-refractivity contribution < 1.29 is 13.9 Å². The third kappa shape index (κ3) is 3.51. The molecule has 1 N–H and O–H groups in total. The first-order chi connectivity index (χ1) is 11.2. The molecule has 2 aromatic carbocycles. The molecule has 1 unspecified atom stereocenters. The Hall–Kier alpha value is -2.82. The molecule has 0 aliphatic carbocycles. The number of anilines is 1. The van der Waals surface area contributed by atoms with E-state index in [0.29, 0.717) is 29.3 Å². The molecule has 3 aromatic rings. The summed E-state index contributed by atoms with van der Waals surface area (Å²) in [5.41, 5.74) is 2.09. The largest absolute Gasteiger partial charge is 0.481 e. The maximum Gasteiger partial charge on any atom is 0.265 e. The van der Waals surface area contributed by atoms with Crippen LogP contribution in [0.25, 0.3) is 11.1 Å². The van der Waals surface area contributed by atoms with E-state index in [9.17, 15) is 4.79 Å². The number of nitrogens with one attached hydrogen (secondary N) is 1. The average Bonchev–Trinajstić information content (AvgIpc) is 2.92. The second-order valence-corrected chi connectivity index (χ2v) is 5.23. The van der Waals surface area contributed by atoms with Crippen molar-refractivity contribution in [3.63, 3.8) is 0 Å². The highest BCUT2D eigenvalue weighted by molar-refractivity contribution is 5.95. The zero-order valence-corrected chi connectivity index (χ0v) is 13.1. The van der Waals surface area contributed by atoms with E-state index < -0.39 is 6.10 Å². The van der Waals surface area contributed by atoms with E-state index in [1.165, 1.54) is 0 Å². The molecule has 0 spiro atoms. The number of ether oxygens (including phenoxy) is 1. The minimum Gasteiger partial charge on any atom is -0.481 e. The van der Waals surface area contributed by atoms with E-state index in [-0.39, 0.29) is 5.91 Å². The highest BCUT2D eigenvalue weighted by Gasteiger charge is 2.18. The van der Waals surface area contributed by atoms with Crippen LogP contribution in [0.5, 0.6) is 5.75 Å². The lowest BCUT2D eigenvalue weighted by Crippen LogP contribution is -2.32. The number of para-hydroxylation sites is 1. The predicted molar refractivity (Wildman–Crippen MR) is 88.5 cm³/mol. The normalized spacial score (nSPS) is 12.1. The van der Waals surface area contributed by atoms with Crippen molar-refractivity contribution in [3.05, 3.63) is 54.4 Å². The minimum absolute atomic E-state index is 0.184. The molecule has 118 valence electrons. The summed E-state index contributed by atoms with van der Waals surface area (Å²) in [7, 11) is 0. The van der Waals surface area contributed by atoms with Crippen molar-refractivity contribution in [1.82, 2.24) is 4.98 Å². The van der Waals surface area contributed by atoms with Crippen molar-refractivity contribution in [2.45, 2.75) is 26.4 Å². The van der Waals surface area contributed by atoms with Gasteiger partial charge in [0.15, 0.2) is 17.6 Å². The fraction of sp³-hybridized carbons (Fsp3) is 0.222. The number of benzene rings is 2. The lowest BCUT2D eigenvalue weighted by atomic mass is 10.2. The van der Waals surface area contributed by atoms with Crippen molar-refractivity contribution in [2.75, 3.05) is 5.32 Å². The number of carbonyl (C=O) groups excluding carboxylic acids is 1. The molecule has 5 heteroatoms. The van der Waals surface area contributed by atoms with Gasteiger partial charge in [0.1, 0.15) is 11.3 Å². The number of hydrogen-bond donors (Lipinski definition) is 1. The monoisotopic (exact) mass is 310 g/mol. The standard InChI is InChI=1S/C18H18N2O3/c1-3-16(23-14-7-5-4-6-8-14)18(21)20-13-9-10-17-15(11-13)19-12(2)22-17/h4-11,16H,3H2,1-2H3,(H,20,21). The zero-order valence-electron chi connectivity index (χ0n) is 13.1. The molecule has 0 fully saturated rings. The third-order valence-corrected chi connectivity index (χ3v) is 3.45. The maximum absolute atomic E-state index is 12.4. The topological polar surface area (TPSA) is 64.4 Å². The number of aryl methyl sites for hydroxylation is 1. The Balaban J connectivity index is 1.72. The lowest BCUT2D eigenvalue weighted by molar-refractivity contribution is -0.122. The van der Waals surface area contributed by atoms with Crippen LogP contribution in [0, 0.1) is 6.92 Å². The summed E-state index contributed by atoms with van der Waals surface area (Å²) in [5.74, 6) is 1.09. The van der Waals surface area contributed by atoms with Gasteiger partial charge in [0, 0.05) is 12.6 Å². The summed E-state index contributed by atoms with van der Waals surface area (Å²) < 4.78 is 11.2. The SMILES string of the molecule is CCC(Oc1ccccc1)C(=O)Nc1ccc2oc(C)nc2c1. The number of carbonyl (C=O) groups is 1. The fourth-order valence-corrected chi connectivity index (χ4v) is 2.33. The average molecular weight is 310 g/mol. The third-order valence-electron chi connectivity index (χ3n) is 3.45. The summed E-state index contributed by atoms with van der Waals surface area (Å²) in [5, 5.41) is 2.87. The van der Waals surface area contributed by atoms with Gasteiger partial charge >= 0.3 is 0 Å². The maximum atomic E-state index is 12.4. The van der Waals surface area contributed by atoms with Crippen molar-refractivity contribution in [1.29, 1.82) is 0 Å². The molecule has 1 atom stereocenters. The Morgan fingerprint density at radius 1 is 1.26 bits per heavy atom. The first kappa shape index (κ1) is 15.1. The van der Waals surface area contributed by atoms with Gasteiger partial charge in [-0.3, -0.25) is 4.79 Å². The van der Waals surface area contributed by atoms with Crippen LogP contribution in [0.15, 0.2) is 52.9 Å². The van der Waals surface area contributed by atoms with Crippen LogP contribution in [0.1, 0.15) is 19.2 Å². The van der Waals surface area contributed by atoms with Crippen LogP contribution in [0.3, 0.4) is 0 Å². The molecule has 0 bridgehead atoms. The quantitative estimate of drug-likeness (QED) is 0.775. The summed E-state index contributed by atoms with van der Waals surface area (Å²) >= 11 is 0. The Bertz CT molecular complexity index is 812. The molecule has 0 aliphatic heterocycles. The molecule has 0 saturated carbocycles. The van der Waals surface area contributed by atoms with E-state index in [1.807, 2.05) is 37.3 Å². The fourth-order valence-electron chi connectivity index (χ4n) is 2.33. The van der Waals surface area contributed by atoms with Crippen LogP contribution >= 0.6 is 0 Å². The van der Waals surface area contributed by atoms with Crippen LogP contribution in [0.4, 0.5) is 5.69 Å². The second kappa shape index (κ2) is 6.52. The van der Waals surface area contributed by atoms with Crippen molar-refractivity contribution in [3.8, 4) is 5.75 Å². The van der Waals surface area contributed by atoms with E-state index in [1.54, 1.807) is 25.1 Å². The molecule has 0 aliphatic rings. The predicted octanol–water partition coefficient (Wildman–Crippen LogP) is 3.93. The first-order valence-electron chi connectivity index (χ1n) is 7.55. The number of rotatable bonds is 5. The second-order valence-electron chi connectivity index (χ2n) is 5.23. The highest BCUT2D eigenvalue weighted by atomic mass is 16.5. The molecule has 5 nitrogen and oxygen atoms in total. The van der Waals surface area contributed by atoms with E-state index >= 15 is 0 Å². The smallest absolute Gasteiger partial charge is 0.265 e. The Labute approximate surface area is 134 Å². The van der Waals surface area contributed by atoms with Gasteiger partial charge in [0.2, 0.25) is 0 Å². The summed E-state index contributed by atoms with van der Waals surface area (Å²) in [6.45, 7) is 3.70. The number of fused-ring (bicyclic) bond motifs is 1. The molecule has 0 radical (unpaired) electrons. The first-order valence-corrected chi connectivity index (χ1v) is 7.55. The molecule has 3 rings (SSSR count). The number of hydrogen-bond acceptors (Lipinski definition) is 4. The summed E-state index contributed by atoms with van der Waals surface area (Å²) in [6.07, 6.45) is 0.0265. The number of oxazole rings is 1. The minimum atomic E-state index is -0.549. The van der Waals surface area contributed by atoms with E-state index in [2.05, 4.69) is 10.3 Å². The van der Waals surface area contributed by atoms with Crippen molar-refractivity contribution >= 4 is 22.7 Å². The Morgan fingerprint density at radius 2 is 2.04 bits per heavy atom. The van der Waals surface area contributed by atoms with Gasteiger partial charge in [-0.1, -0.05) is 25.1 Å². The molecule has 1 aromatic heterocycles. The van der Waals surface area contributed by atoms with Crippen LogP contribution in [-0.2, 0) is 4.79 Å². The lowest BCUT2D eigenvalue weighted by Gasteiger charge is -2.17. The van der Waals surface area contributed by atoms with Gasteiger partial charge < -0.3 is 14.5 Å². The molecule has 0 saturated heterocycles. The molecule has 1 amide bonds. The number of amides is 1. The molecule has 1 heterocycles. The van der Waals surface area contributed by atoms with E-state index in [4.69, 9.17) is 9.15 Å². The van der Waals surface area contributed by atoms with Gasteiger partial charge in [0.05, 0.1) is 0 Å². The molecular formula is C18H18N2O3. The highest BCUT2D eigenvalue weighted by Crippen LogP contribution is 2.20. The Morgan fingerprint density at radius 3 is 2.78 bits per heavy atom. The zero-order chi connectivity index (χ0) is 16.2.